The summed E-state index contributed by atoms with van der Waals surface area (Å²) in [6, 6.07) is 14.1. The van der Waals surface area contributed by atoms with Crippen molar-refractivity contribution in [3.8, 4) is 5.75 Å². The molecule has 0 unspecified atom stereocenters. The van der Waals surface area contributed by atoms with Crippen LogP contribution in [0.2, 0.25) is 0 Å². The molecule has 0 heterocycles. The molecular weight excluding hydrogens is 243 g/mol. The van der Waals surface area contributed by atoms with Crippen molar-refractivity contribution in [3.63, 3.8) is 0 Å². The maximum Gasteiger partial charge on any atom is 0.123 e. The second kappa shape index (κ2) is 6.75. The van der Waals surface area contributed by atoms with Crippen LogP contribution in [0.5, 0.6) is 5.75 Å². The molecule has 4 heteroatoms. The molecule has 0 aliphatic heterocycles. The van der Waals surface area contributed by atoms with Gasteiger partial charge in [0.25, 0.3) is 0 Å². The first-order valence-corrected chi connectivity index (χ1v) is 6.19. The van der Waals surface area contributed by atoms with Crippen LogP contribution in [0.1, 0.15) is 5.56 Å². The van der Waals surface area contributed by atoms with Gasteiger partial charge in [-0.05, 0) is 42.0 Å². The van der Waals surface area contributed by atoms with Crippen LogP contribution >= 0.6 is 0 Å². The number of halogens is 1. The molecule has 0 aromatic heterocycles. The van der Waals surface area contributed by atoms with Gasteiger partial charge in [0.2, 0.25) is 0 Å². The number of rotatable bonds is 6. The normalized spacial score (nSPS) is 10.2. The number of hydrogen-bond donors (Lipinski definition) is 2. The number of nitrogens with two attached hydrogens (primary N) is 1. The van der Waals surface area contributed by atoms with E-state index in [0.29, 0.717) is 19.7 Å². The van der Waals surface area contributed by atoms with Gasteiger partial charge in [-0.15, -0.1) is 0 Å². The van der Waals surface area contributed by atoms with E-state index in [4.69, 9.17) is 10.5 Å². The molecule has 0 bridgehead atoms. The van der Waals surface area contributed by atoms with E-state index in [0.717, 1.165) is 17.0 Å². The molecule has 2 aromatic carbocycles. The molecule has 3 N–H and O–H groups in total. The summed E-state index contributed by atoms with van der Waals surface area (Å²) < 4.78 is 18.2. The standard InChI is InChI=1S/C15H17FN2O/c16-13-4-6-14(7-5-13)18-11-12-2-1-3-15(10-12)19-9-8-17/h1-7,10,18H,8-9,11,17H2. The highest BCUT2D eigenvalue weighted by Gasteiger charge is 1.98. The van der Waals surface area contributed by atoms with Crippen LogP contribution in [0.15, 0.2) is 48.5 Å². The van der Waals surface area contributed by atoms with Crippen LogP contribution in [0.4, 0.5) is 10.1 Å². The van der Waals surface area contributed by atoms with Crippen molar-refractivity contribution in [1.82, 2.24) is 0 Å². The minimum atomic E-state index is -0.234. The Morgan fingerprint density at radius 1 is 1.11 bits per heavy atom. The van der Waals surface area contributed by atoms with E-state index in [1.165, 1.54) is 12.1 Å². The van der Waals surface area contributed by atoms with Gasteiger partial charge in [0.15, 0.2) is 0 Å². The van der Waals surface area contributed by atoms with Gasteiger partial charge in [0, 0.05) is 18.8 Å². The van der Waals surface area contributed by atoms with E-state index >= 15 is 0 Å². The number of benzene rings is 2. The van der Waals surface area contributed by atoms with Crippen LogP contribution < -0.4 is 15.8 Å². The molecule has 0 atom stereocenters. The SMILES string of the molecule is NCCOc1cccc(CNc2ccc(F)cc2)c1. The first-order chi connectivity index (χ1) is 9.28. The highest BCUT2D eigenvalue weighted by Crippen LogP contribution is 2.15. The van der Waals surface area contributed by atoms with Crippen LogP contribution in [0.3, 0.4) is 0 Å². The average Bonchev–Trinajstić information content (AvgIpc) is 2.45. The smallest absolute Gasteiger partial charge is 0.123 e. The molecule has 100 valence electrons. The molecule has 19 heavy (non-hydrogen) atoms. The number of ether oxygens (including phenoxy) is 1. The Bertz CT molecular complexity index is 514. The van der Waals surface area contributed by atoms with Gasteiger partial charge in [0.05, 0.1) is 0 Å². The van der Waals surface area contributed by atoms with E-state index in [1.54, 1.807) is 12.1 Å². The van der Waals surface area contributed by atoms with Crippen LogP contribution in [0.25, 0.3) is 0 Å². The third kappa shape index (κ3) is 4.26. The quantitative estimate of drug-likeness (QED) is 0.839. The summed E-state index contributed by atoms with van der Waals surface area (Å²) in [6.45, 7) is 1.67. The molecule has 0 saturated heterocycles. The third-order valence-corrected chi connectivity index (χ3v) is 2.63. The lowest BCUT2D eigenvalue weighted by Gasteiger charge is -2.09. The molecule has 0 fully saturated rings. The van der Waals surface area contributed by atoms with Crippen molar-refractivity contribution in [3.05, 3.63) is 59.9 Å². The molecular formula is C15H17FN2O. The minimum absolute atomic E-state index is 0.234. The van der Waals surface area contributed by atoms with Gasteiger partial charge in [-0.25, -0.2) is 4.39 Å². The second-order valence-corrected chi connectivity index (χ2v) is 4.14. The average molecular weight is 260 g/mol. The van der Waals surface area contributed by atoms with E-state index in [1.807, 2.05) is 24.3 Å². The summed E-state index contributed by atoms with van der Waals surface area (Å²) >= 11 is 0. The minimum Gasteiger partial charge on any atom is -0.492 e. The fourth-order valence-electron chi connectivity index (χ4n) is 1.69. The first-order valence-electron chi connectivity index (χ1n) is 6.19. The van der Waals surface area contributed by atoms with Crippen molar-refractivity contribution in [2.75, 3.05) is 18.5 Å². The van der Waals surface area contributed by atoms with Gasteiger partial charge < -0.3 is 15.8 Å². The summed E-state index contributed by atoms with van der Waals surface area (Å²) in [5, 5.41) is 3.22. The zero-order valence-corrected chi connectivity index (χ0v) is 10.6. The highest BCUT2D eigenvalue weighted by molar-refractivity contribution is 5.44. The Balaban J connectivity index is 1.93. The summed E-state index contributed by atoms with van der Waals surface area (Å²) in [7, 11) is 0. The van der Waals surface area contributed by atoms with Crippen molar-refractivity contribution in [2.45, 2.75) is 6.54 Å². The maximum absolute atomic E-state index is 12.8. The van der Waals surface area contributed by atoms with Gasteiger partial charge in [0.1, 0.15) is 18.2 Å². The largest absolute Gasteiger partial charge is 0.492 e. The van der Waals surface area contributed by atoms with Crippen molar-refractivity contribution >= 4 is 5.69 Å². The molecule has 0 amide bonds. The molecule has 2 aromatic rings. The van der Waals surface area contributed by atoms with Crippen LogP contribution in [-0.4, -0.2) is 13.2 Å². The van der Waals surface area contributed by atoms with Crippen molar-refractivity contribution < 1.29 is 9.13 Å². The zero-order valence-electron chi connectivity index (χ0n) is 10.6. The predicted octanol–water partition coefficient (Wildman–Crippen LogP) is 2.78. The van der Waals surface area contributed by atoms with E-state index in [2.05, 4.69) is 5.32 Å². The van der Waals surface area contributed by atoms with E-state index in [9.17, 15) is 4.39 Å². The fraction of sp³-hybridized carbons (Fsp3) is 0.200. The Kier molecular flexibility index (Phi) is 4.75. The highest BCUT2D eigenvalue weighted by atomic mass is 19.1. The number of hydrogen-bond acceptors (Lipinski definition) is 3. The van der Waals surface area contributed by atoms with E-state index < -0.39 is 0 Å². The summed E-state index contributed by atoms with van der Waals surface area (Å²) in [6.07, 6.45) is 0. The Morgan fingerprint density at radius 2 is 1.89 bits per heavy atom. The molecule has 0 aliphatic carbocycles. The topological polar surface area (TPSA) is 47.3 Å². The summed E-state index contributed by atoms with van der Waals surface area (Å²) in [5.74, 6) is 0.576. The van der Waals surface area contributed by atoms with Gasteiger partial charge in [-0.3, -0.25) is 0 Å². The Hall–Kier alpha value is -2.07. The van der Waals surface area contributed by atoms with Gasteiger partial charge in [-0.2, -0.15) is 0 Å². The van der Waals surface area contributed by atoms with Crippen molar-refractivity contribution in [2.24, 2.45) is 5.73 Å². The van der Waals surface area contributed by atoms with Gasteiger partial charge in [-0.1, -0.05) is 12.1 Å². The summed E-state index contributed by atoms with van der Waals surface area (Å²) in [5.41, 5.74) is 7.37. The molecule has 2 rings (SSSR count). The molecule has 0 radical (unpaired) electrons. The molecule has 3 nitrogen and oxygen atoms in total. The lowest BCUT2D eigenvalue weighted by molar-refractivity contribution is 0.328. The Labute approximate surface area is 112 Å². The third-order valence-electron chi connectivity index (χ3n) is 2.63. The van der Waals surface area contributed by atoms with Crippen LogP contribution in [-0.2, 0) is 6.54 Å². The fourth-order valence-corrected chi connectivity index (χ4v) is 1.69. The number of nitrogens with one attached hydrogen (secondary N) is 1. The molecule has 0 spiro atoms. The lowest BCUT2D eigenvalue weighted by Crippen LogP contribution is -2.10. The lowest BCUT2D eigenvalue weighted by atomic mass is 10.2. The Morgan fingerprint density at radius 3 is 2.63 bits per heavy atom. The molecule has 0 saturated carbocycles. The molecule has 0 aliphatic rings. The first kappa shape index (κ1) is 13.4. The van der Waals surface area contributed by atoms with Gasteiger partial charge >= 0.3 is 0 Å². The number of anilines is 1. The second-order valence-electron chi connectivity index (χ2n) is 4.14. The summed E-state index contributed by atoms with van der Waals surface area (Å²) in [4.78, 5) is 0. The van der Waals surface area contributed by atoms with Crippen LogP contribution in [0, 0.1) is 5.82 Å². The monoisotopic (exact) mass is 260 g/mol. The maximum atomic E-state index is 12.8. The van der Waals surface area contributed by atoms with E-state index in [-0.39, 0.29) is 5.82 Å². The predicted molar refractivity (Wildman–Crippen MR) is 74.7 cm³/mol. The van der Waals surface area contributed by atoms with Crippen molar-refractivity contribution in [1.29, 1.82) is 0 Å². The zero-order chi connectivity index (χ0) is 13.5.